The van der Waals surface area contributed by atoms with Crippen LogP contribution in [0.3, 0.4) is 0 Å². The second-order valence-corrected chi connectivity index (χ2v) is 7.84. The average molecular weight is 414 g/mol. The van der Waals surface area contributed by atoms with Gasteiger partial charge < -0.3 is 20.9 Å². The van der Waals surface area contributed by atoms with Gasteiger partial charge in [-0.05, 0) is 47.0 Å². The van der Waals surface area contributed by atoms with Crippen molar-refractivity contribution in [3.8, 4) is 11.5 Å². The Morgan fingerprint density at radius 2 is 1.31 bits per heavy atom. The fraction of sp³-hybridized carbons (Fsp3) is 0.143. The Morgan fingerprint density at radius 3 is 1.76 bits per heavy atom. The summed E-state index contributed by atoms with van der Waals surface area (Å²) in [4.78, 5) is -0.184. The summed E-state index contributed by atoms with van der Waals surface area (Å²) in [6.07, 6.45) is 0. The molecular weight excluding hydrogens is 392 g/mol. The Kier molecular flexibility index (Phi) is 5.67. The third kappa shape index (κ3) is 4.13. The zero-order valence-electron chi connectivity index (χ0n) is 16.0. The summed E-state index contributed by atoms with van der Waals surface area (Å²) in [6, 6.07) is 16.7. The van der Waals surface area contributed by atoms with E-state index in [1.54, 1.807) is 54.6 Å². The number of rotatable bonds is 6. The van der Waals surface area contributed by atoms with Gasteiger partial charge in [0, 0.05) is 5.92 Å². The van der Waals surface area contributed by atoms with Gasteiger partial charge in [0.25, 0.3) is 10.1 Å². The van der Waals surface area contributed by atoms with Crippen LogP contribution >= 0.6 is 0 Å². The lowest BCUT2D eigenvalue weighted by atomic mass is 9.84. The van der Waals surface area contributed by atoms with Gasteiger partial charge in [-0.1, -0.05) is 30.3 Å². The zero-order valence-corrected chi connectivity index (χ0v) is 16.8. The maximum atomic E-state index is 12.0. The smallest absolute Gasteiger partial charge is 0.294 e. The molecule has 0 heterocycles. The van der Waals surface area contributed by atoms with E-state index >= 15 is 0 Å². The maximum Gasteiger partial charge on any atom is 0.294 e. The summed E-state index contributed by atoms with van der Waals surface area (Å²) in [6.45, 7) is 0. The summed E-state index contributed by atoms with van der Waals surface area (Å²) in [5.74, 6) is 0.357. The molecule has 8 heteroatoms. The van der Waals surface area contributed by atoms with Crippen LogP contribution in [0.2, 0.25) is 0 Å². The van der Waals surface area contributed by atoms with Gasteiger partial charge in [0.15, 0.2) is 0 Å². The van der Waals surface area contributed by atoms with Crippen LogP contribution in [0, 0.1) is 0 Å². The molecule has 5 N–H and O–H groups in total. The summed E-state index contributed by atoms with van der Waals surface area (Å²) in [5, 5.41) is 0. The van der Waals surface area contributed by atoms with Crippen LogP contribution in [-0.2, 0) is 10.1 Å². The molecule has 0 aliphatic heterocycles. The molecule has 0 radical (unpaired) electrons. The van der Waals surface area contributed by atoms with Crippen molar-refractivity contribution in [1.29, 1.82) is 0 Å². The van der Waals surface area contributed by atoms with E-state index in [0.29, 0.717) is 28.4 Å². The molecule has 0 amide bonds. The maximum absolute atomic E-state index is 12.0. The molecule has 0 bridgehead atoms. The van der Waals surface area contributed by atoms with Gasteiger partial charge in [-0.15, -0.1) is 0 Å². The molecule has 0 aromatic heterocycles. The molecule has 0 aliphatic rings. The molecule has 0 unspecified atom stereocenters. The highest BCUT2D eigenvalue weighted by molar-refractivity contribution is 7.85. The normalized spacial score (nSPS) is 11.4. The number of hydrogen-bond donors (Lipinski definition) is 3. The first-order valence-electron chi connectivity index (χ1n) is 8.69. The largest absolute Gasteiger partial charge is 0.495 e. The Labute approximate surface area is 169 Å². The highest BCUT2D eigenvalue weighted by Gasteiger charge is 2.26. The number of ether oxygens (including phenoxy) is 2. The van der Waals surface area contributed by atoms with E-state index in [0.717, 1.165) is 11.1 Å². The minimum absolute atomic E-state index is 0.184. The van der Waals surface area contributed by atoms with Gasteiger partial charge in [0.05, 0.1) is 30.5 Å². The van der Waals surface area contributed by atoms with E-state index in [1.807, 2.05) is 0 Å². The first-order chi connectivity index (χ1) is 13.8. The van der Waals surface area contributed by atoms with Crippen LogP contribution in [-0.4, -0.2) is 27.2 Å². The number of benzene rings is 3. The lowest BCUT2D eigenvalue weighted by Gasteiger charge is -2.22. The summed E-state index contributed by atoms with van der Waals surface area (Å²) in [7, 11) is -1.45. The predicted octanol–water partition coefficient (Wildman–Crippen LogP) is 3.30. The second kappa shape index (κ2) is 8.02. The first-order valence-corrected chi connectivity index (χ1v) is 10.1. The first kappa shape index (κ1) is 20.5. The van der Waals surface area contributed by atoms with E-state index in [-0.39, 0.29) is 4.90 Å². The second-order valence-electron chi connectivity index (χ2n) is 6.45. The topological polar surface area (TPSA) is 125 Å². The van der Waals surface area contributed by atoms with Gasteiger partial charge in [0.1, 0.15) is 11.5 Å². The van der Waals surface area contributed by atoms with Crippen molar-refractivity contribution in [2.24, 2.45) is 0 Å². The van der Waals surface area contributed by atoms with E-state index in [2.05, 4.69) is 0 Å². The van der Waals surface area contributed by atoms with Gasteiger partial charge >= 0.3 is 0 Å². The highest BCUT2D eigenvalue weighted by atomic mass is 32.2. The predicted molar refractivity (Wildman–Crippen MR) is 112 cm³/mol. The molecule has 0 saturated carbocycles. The molecule has 3 rings (SSSR count). The Balaban J connectivity index is 2.32. The van der Waals surface area contributed by atoms with Crippen molar-refractivity contribution in [2.45, 2.75) is 10.8 Å². The molecule has 3 aromatic rings. The Morgan fingerprint density at radius 1 is 0.828 bits per heavy atom. The van der Waals surface area contributed by atoms with Crippen LogP contribution in [0.25, 0.3) is 0 Å². The Hall–Kier alpha value is -3.23. The third-order valence-electron chi connectivity index (χ3n) is 4.69. The van der Waals surface area contributed by atoms with E-state index < -0.39 is 16.0 Å². The van der Waals surface area contributed by atoms with Crippen LogP contribution in [0.1, 0.15) is 22.6 Å². The molecule has 0 atom stereocenters. The number of anilines is 2. The summed E-state index contributed by atoms with van der Waals surface area (Å²) in [5.41, 5.74) is 14.6. The van der Waals surface area contributed by atoms with E-state index in [9.17, 15) is 13.0 Å². The fourth-order valence-electron chi connectivity index (χ4n) is 3.32. The number of methoxy groups -OCH3 is 2. The van der Waals surface area contributed by atoms with Crippen molar-refractivity contribution in [3.05, 3.63) is 77.4 Å². The summed E-state index contributed by atoms with van der Waals surface area (Å²) >= 11 is 0. The van der Waals surface area contributed by atoms with Crippen molar-refractivity contribution >= 4 is 21.5 Å². The zero-order chi connectivity index (χ0) is 21.2. The average Bonchev–Trinajstić information content (AvgIpc) is 2.70. The van der Waals surface area contributed by atoms with E-state index in [1.165, 1.54) is 20.3 Å². The minimum Gasteiger partial charge on any atom is -0.495 e. The van der Waals surface area contributed by atoms with Crippen LogP contribution in [0.5, 0.6) is 11.5 Å². The van der Waals surface area contributed by atoms with Crippen LogP contribution in [0.4, 0.5) is 11.4 Å². The van der Waals surface area contributed by atoms with Gasteiger partial charge in [0.2, 0.25) is 0 Å². The molecule has 0 saturated heterocycles. The number of nitrogen functional groups attached to an aromatic ring is 2. The molecule has 7 nitrogen and oxygen atoms in total. The number of nitrogens with two attached hydrogens (primary N) is 2. The van der Waals surface area contributed by atoms with Crippen LogP contribution in [0.15, 0.2) is 65.6 Å². The molecule has 3 aromatic carbocycles. The van der Waals surface area contributed by atoms with Gasteiger partial charge in [-0.25, -0.2) is 0 Å². The monoisotopic (exact) mass is 414 g/mol. The SMILES string of the molecule is COc1cc(C(c2ccc(N)c(OC)c2)c2ccccc2S(=O)(=O)O)ccc1N. The molecular formula is C21H22N2O5S. The molecule has 0 spiro atoms. The lowest BCUT2D eigenvalue weighted by Crippen LogP contribution is -2.11. The Bertz CT molecular complexity index is 1090. The highest BCUT2D eigenvalue weighted by Crippen LogP contribution is 2.40. The van der Waals surface area contributed by atoms with E-state index in [4.69, 9.17) is 20.9 Å². The van der Waals surface area contributed by atoms with Crippen molar-refractivity contribution < 1.29 is 22.4 Å². The lowest BCUT2D eigenvalue weighted by molar-refractivity contribution is 0.415. The quantitative estimate of drug-likeness (QED) is 0.321. The van der Waals surface area contributed by atoms with Crippen LogP contribution < -0.4 is 20.9 Å². The van der Waals surface area contributed by atoms with Gasteiger partial charge in [-0.3, -0.25) is 4.55 Å². The van der Waals surface area contributed by atoms with Crippen molar-refractivity contribution in [1.82, 2.24) is 0 Å². The third-order valence-corrected chi connectivity index (χ3v) is 5.62. The van der Waals surface area contributed by atoms with Crippen molar-refractivity contribution in [3.63, 3.8) is 0 Å². The van der Waals surface area contributed by atoms with Crippen molar-refractivity contribution in [2.75, 3.05) is 25.7 Å². The fourth-order valence-corrected chi connectivity index (χ4v) is 4.05. The number of hydrogen-bond acceptors (Lipinski definition) is 6. The molecule has 0 aliphatic carbocycles. The van der Waals surface area contributed by atoms with Gasteiger partial charge in [-0.2, -0.15) is 8.42 Å². The minimum atomic E-state index is -4.45. The standard InChI is InChI=1S/C21H22N2O5S/c1-27-18-11-13(7-9-16(18)22)21(14-8-10-17(23)19(12-14)28-2)15-5-3-4-6-20(15)29(24,25)26/h3-12,21H,22-23H2,1-2H3,(H,24,25,26). The summed E-state index contributed by atoms with van der Waals surface area (Å²) < 4.78 is 44.5. The molecule has 0 fully saturated rings. The molecule has 29 heavy (non-hydrogen) atoms. The molecule has 152 valence electrons.